The fourth-order valence-electron chi connectivity index (χ4n) is 2.93. The fraction of sp³-hybridized carbons (Fsp3) is 0.368. The van der Waals surface area contributed by atoms with Crippen LogP contribution in [-0.4, -0.2) is 48.6 Å². The van der Waals surface area contributed by atoms with E-state index in [0.29, 0.717) is 11.6 Å². The molecular weight excluding hydrogens is 337 g/mol. The number of amides is 1. The van der Waals surface area contributed by atoms with Gasteiger partial charge in [0.1, 0.15) is 11.6 Å². The number of pyridine rings is 1. The van der Waals surface area contributed by atoms with Crippen LogP contribution in [0.15, 0.2) is 42.6 Å². The first-order chi connectivity index (χ1) is 12.6. The van der Waals surface area contributed by atoms with Crippen molar-refractivity contribution >= 4 is 5.91 Å². The molecule has 6 nitrogen and oxygen atoms in total. The minimum Gasteiger partial charge on any atom is -0.484 e. The molecule has 1 saturated heterocycles. The van der Waals surface area contributed by atoms with Crippen molar-refractivity contribution < 1.29 is 18.7 Å². The first-order valence-electron chi connectivity index (χ1n) is 8.51. The van der Waals surface area contributed by atoms with Crippen LogP contribution in [0.2, 0.25) is 0 Å². The van der Waals surface area contributed by atoms with E-state index in [4.69, 9.17) is 9.47 Å². The predicted molar refractivity (Wildman–Crippen MR) is 94.5 cm³/mol. The molecular formula is C19H22FN3O3. The minimum absolute atomic E-state index is 0.0788. The molecule has 0 aliphatic carbocycles. The highest BCUT2D eigenvalue weighted by Gasteiger charge is 2.24. The lowest BCUT2D eigenvalue weighted by molar-refractivity contribution is -0.123. The lowest BCUT2D eigenvalue weighted by Crippen LogP contribution is -2.39. The smallest absolute Gasteiger partial charge is 0.258 e. The molecule has 1 aliphatic heterocycles. The predicted octanol–water partition coefficient (Wildman–Crippen LogP) is 2.00. The van der Waals surface area contributed by atoms with Crippen LogP contribution in [0.4, 0.5) is 4.39 Å². The van der Waals surface area contributed by atoms with Gasteiger partial charge in [0.25, 0.3) is 5.91 Å². The summed E-state index contributed by atoms with van der Waals surface area (Å²) in [6.45, 7) is 2.41. The molecule has 1 aliphatic rings. The van der Waals surface area contributed by atoms with E-state index >= 15 is 0 Å². The quantitative estimate of drug-likeness (QED) is 0.819. The molecule has 2 heterocycles. The number of benzene rings is 1. The van der Waals surface area contributed by atoms with Gasteiger partial charge < -0.3 is 14.8 Å². The number of ether oxygens (including phenoxy) is 2. The topological polar surface area (TPSA) is 63.7 Å². The van der Waals surface area contributed by atoms with Gasteiger partial charge in [-0.2, -0.15) is 0 Å². The molecule has 1 N–H and O–H groups in total. The summed E-state index contributed by atoms with van der Waals surface area (Å²) < 4.78 is 23.3. The van der Waals surface area contributed by atoms with Crippen molar-refractivity contribution in [3.05, 3.63) is 54.0 Å². The number of carbonyl (C=O) groups is 1. The molecule has 7 heteroatoms. The number of aromatic nitrogens is 1. The summed E-state index contributed by atoms with van der Waals surface area (Å²) in [6, 6.07) is 9.55. The minimum atomic E-state index is -0.333. The highest BCUT2D eigenvalue weighted by atomic mass is 19.1. The number of methoxy groups -OCH3 is 1. The second-order valence-corrected chi connectivity index (χ2v) is 6.24. The van der Waals surface area contributed by atoms with E-state index in [9.17, 15) is 9.18 Å². The Kier molecular flexibility index (Phi) is 6.01. The second kappa shape index (κ2) is 8.62. The summed E-state index contributed by atoms with van der Waals surface area (Å²) in [5.41, 5.74) is 1.11. The Labute approximate surface area is 151 Å². The van der Waals surface area contributed by atoms with E-state index < -0.39 is 0 Å². The number of hydrogen-bond acceptors (Lipinski definition) is 5. The zero-order valence-electron chi connectivity index (χ0n) is 14.7. The Hall–Kier alpha value is -2.67. The lowest BCUT2D eigenvalue weighted by atomic mass is 10.2. The van der Waals surface area contributed by atoms with Crippen molar-refractivity contribution in [1.82, 2.24) is 15.2 Å². The Balaban J connectivity index is 1.40. The van der Waals surface area contributed by atoms with Gasteiger partial charge >= 0.3 is 0 Å². The van der Waals surface area contributed by atoms with Crippen LogP contribution in [-0.2, 0) is 11.3 Å². The number of likely N-dealkylation sites (tertiary alicyclic amines) is 1. The van der Waals surface area contributed by atoms with Crippen molar-refractivity contribution in [3.8, 4) is 11.6 Å². The van der Waals surface area contributed by atoms with E-state index in [0.717, 1.165) is 31.6 Å². The van der Waals surface area contributed by atoms with Crippen molar-refractivity contribution in [2.45, 2.75) is 19.0 Å². The Bertz CT molecular complexity index is 722. The summed E-state index contributed by atoms with van der Waals surface area (Å²) in [5.74, 6) is 0.565. The first-order valence-corrected chi connectivity index (χ1v) is 8.51. The van der Waals surface area contributed by atoms with Crippen LogP contribution < -0.4 is 14.8 Å². The lowest BCUT2D eigenvalue weighted by Gasteiger charge is -2.17. The van der Waals surface area contributed by atoms with Crippen LogP contribution in [0.3, 0.4) is 0 Å². The molecule has 1 aromatic heterocycles. The molecule has 0 spiro atoms. The summed E-state index contributed by atoms with van der Waals surface area (Å²) >= 11 is 0. The summed E-state index contributed by atoms with van der Waals surface area (Å²) in [4.78, 5) is 18.5. The molecule has 1 fully saturated rings. The maximum Gasteiger partial charge on any atom is 0.258 e. The van der Waals surface area contributed by atoms with E-state index in [1.54, 1.807) is 13.3 Å². The van der Waals surface area contributed by atoms with Crippen LogP contribution >= 0.6 is 0 Å². The van der Waals surface area contributed by atoms with Crippen LogP contribution in [0.5, 0.6) is 11.6 Å². The highest BCUT2D eigenvalue weighted by Crippen LogP contribution is 2.15. The van der Waals surface area contributed by atoms with Gasteiger partial charge in [-0.3, -0.25) is 9.69 Å². The van der Waals surface area contributed by atoms with Gasteiger partial charge in [-0.25, -0.2) is 9.37 Å². The Morgan fingerprint density at radius 3 is 2.81 bits per heavy atom. The molecule has 0 radical (unpaired) electrons. The number of nitrogens with zero attached hydrogens (tertiary/aromatic N) is 2. The molecule has 3 rings (SSSR count). The molecule has 2 aromatic rings. The average Bonchev–Trinajstić information content (AvgIpc) is 3.08. The molecule has 26 heavy (non-hydrogen) atoms. The third-order valence-corrected chi connectivity index (χ3v) is 4.23. The van der Waals surface area contributed by atoms with Gasteiger partial charge in [0.2, 0.25) is 5.88 Å². The van der Waals surface area contributed by atoms with Crippen molar-refractivity contribution in [1.29, 1.82) is 0 Å². The van der Waals surface area contributed by atoms with E-state index in [1.807, 2.05) is 12.1 Å². The standard InChI is InChI=1S/C19H22FN3O3/c1-25-19-7-2-14(10-21-19)11-23-9-8-16(12-23)22-18(24)13-26-17-5-3-15(20)4-6-17/h2-7,10,16H,8-9,11-13H2,1H3,(H,22,24). The first kappa shape index (κ1) is 18.1. The maximum absolute atomic E-state index is 12.8. The summed E-state index contributed by atoms with van der Waals surface area (Å²) in [6.07, 6.45) is 2.70. The van der Waals surface area contributed by atoms with Gasteiger partial charge in [0.15, 0.2) is 6.61 Å². The normalized spacial score (nSPS) is 17.1. The number of halogens is 1. The van der Waals surface area contributed by atoms with Gasteiger partial charge in [0, 0.05) is 37.9 Å². The fourth-order valence-corrected chi connectivity index (χ4v) is 2.93. The molecule has 1 amide bonds. The monoisotopic (exact) mass is 359 g/mol. The van der Waals surface area contributed by atoms with Gasteiger partial charge in [-0.1, -0.05) is 6.07 Å². The summed E-state index contributed by atoms with van der Waals surface area (Å²) in [5, 5.41) is 2.98. The molecule has 1 unspecified atom stereocenters. The number of nitrogens with one attached hydrogen (secondary N) is 1. The van der Waals surface area contributed by atoms with Crippen molar-refractivity contribution in [3.63, 3.8) is 0 Å². The van der Waals surface area contributed by atoms with E-state index in [-0.39, 0.29) is 24.4 Å². The molecule has 1 aromatic carbocycles. The zero-order chi connectivity index (χ0) is 18.4. The molecule has 0 bridgehead atoms. The summed E-state index contributed by atoms with van der Waals surface area (Å²) in [7, 11) is 1.59. The largest absolute Gasteiger partial charge is 0.484 e. The average molecular weight is 359 g/mol. The van der Waals surface area contributed by atoms with Crippen LogP contribution in [0.25, 0.3) is 0 Å². The number of hydrogen-bond donors (Lipinski definition) is 1. The van der Waals surface area contributed by atoms with Gasteiger partial charge in [0.05, 0.1) is 7.11 Å². The van der Waals surface area contributed by atoms with Crippen molar-refractivity contribution in [2.24, 2.45) is 0 Å². The second-order valence-electron chi connectivity index (χ2n) is 6.24. The van der Waals surface area contributed by atoms with Crippen molar-refractivity contribution in [2.75, 3.05) is 26.8 Å². The third kappa shape index (κ3) is 5.16. The SMILES string of the molecule is COc1ccc(CN2CCC(NC(=O)COc3ccc(F)cc3)C2)cn1. The molecule has 138 valence electrons. The Morgan fingerprint density at radius 1 is 1.31 bits per heavy atom. The number of rotatable bonds is 7. The number of carbonyl (C=O) groups excluding carboxylic acids is 1. The molecule has 1 atom stereocenters. The van der Waals surface area contributed by atoms with Crippen LogP contribution in [0, 0.1) is 5.82 Å². The molecule has 0 saturated carbocycles. The van der Waals surface area contributed by atoms with Crippen LogP contribution in [0.1, 0.15) is 12.0 Å². The highest BCUT2D eigenvalue weighted by molar-refractivity contribution is 5.77. The maximum atomic E-state index is 12.8. The van der Waals surface area contributed by atoms with Gasteiger partial charge in [-0.05, 0) is 36.2 Å². The Morgan fingerprint density at radius 2 is 2.12 bits per heavy atom. The third-order valence-electron chi connectivity index (χ3n) is 4.23. The zero-order valence-corrected chi connectivity index (χ0v) is 14.7. The van der Waals surface area contributed by atoms with Gasteiger partial charge in [-0.15, -0.1) is 0 Å². The van der Waals surface area contributed by atoms with E-state index in [2.05, 4.69) is 15.2 Å². The van der Waals surface area contributed by atoms with E-state index in [1.165, 1.54) is 24.3 Å².